The number of aliphatic imine (C=N–C) groups is 1. The van der Waals surface area contributed by atoms with Crippen molar-refractivity contribution in [1.29, 1.82) is 0 Å². The second-order valence-corrected chi connectivity index (χ2v) is 6.71. The number of hydrogen-bond donors (Lipinski definition) is 2. The lowest BCUT2D eigenvalue weighted by atomic mass is 9.67. The molecule has 1 atom stereocenters. The normalized spacial score (nSPS) is 24.5. The average molecular weight is 422 g/mol. The Bertz CT molecular complexity index is 336. The first kappa shape index (κ1) is 20.0. The molecule has 0 amide bonds. The van der Waals surface area contributed by atoms with E-state index in [4.69, 9.17) is 4.99 Å². The molecule has 0 aromatic heterocycles. The molecule has 1 aliphatic carbocycles. The van der Waals surface area contributed by atoms with Gasteiger partial charge < -0.3 is 10.6 Å². The standard InChI is InChI=1S/C17H34N4.HI/c1-4-17(10-8-11-17)14-20-16(18-5-2)19-13-15-9-7-12-21(15)6-3;/h15H,4-14H2,1-3H3,(H2,18,19,20);1H. The number of nitrogens with one attached hydrogen (secondary N) is 2. The minimum atomic E-state index is 0. The smallest absolute Gasteiger partial charge is 0.191 e. The highest BCUT2D eigenvalue weighted by Crippen LogP contribution is 2.43. The van der Waals surface area contributed by atoms with Gasteiger partial charge in [-0.3, -0.25) is 9.89 Å². The Hall–Kier alpha value is -0.0400. The summed E-state index contributed by atoms with van der Waals surface area (Å²) in [5.74, 6) is 1.01. The molecule has 1 heterocycles. The molecule has 5 heteroatoms. The van der Waals surface area contributed by atoms with Crippen LogP contribution in [-0.4, -0.2) is 49.6 Å². The van der Waals surface area contributed by atoms with E-state index in [9.17, 15) is 0 Å². The lowest BCUT2D eigenvalue weighted by Crippen LogP contribution is -2.45. The summed E-state index contributed by atoms with van der Waals surface area (Å²) in [5.41, 5.74) is 0.505. The van der Waals surface area contributed by atoms with E-state index in [0.717, 1.165) is 25.6 Å². The summed E-state index contributed by atoms with van der Waals surface area (Å²) in [6, 6.07) is 0.683. The third-order valence-electron chi connectivity index (χ3n) is 5.49. The van der Waals surface area contributed by atoms with Gasteiger partial charge >= 0.3 is 0 Å². The van der Waals surface area contributed by atoms with Crippen LogP contribution in [0.2, 0.25) is 0 Å². The van der Waals surface area contributed by atoms with Crippen LogP contribution in [0, 0.1) is 5.41 Å². The maximum Gasteiger partial charge on any atom is 0.191 e. The molecular formula is C17H35IN4. The molecule has 4 nitrogen and oxygen atoms in total. The van der Waals surface area contributed by atoms with E-state index in [0.29, 0.717) is 11.5 Å². The van der Waals surface area contributed by atoms with Crippen molar-refractivity contribution < 1.29 is 0 Å². The van der Waals surface area contributed by atoms with Gasteiger partial charge in [-0.1, -0.05) is 20.3 Å². The Balaban J connectivity index is 0.00000242. The fourth-order valence-electron chi connectivity index (χ4n) is 3.65. The van der Waals surface area contributed by atoms with E-state index in [2.05, 4.69) is 36.3 Å². The summed E-state index contributed by atoms with van der Waals surface area (Å²) in [7, 11) is 0. The SMILES string of the molecule is CCNC(=NCC1(CC)CCC1)NCC1CCCN1CC.I. The van der Waals surface area contributed by atoms with Crippen molar-refractivity contribution in [2.24, 2.45) is 10.4 Å². The number of halogens is 1. The minimum Gasteiger partial charge on any atom is -0.357 e. The lowest BCUT2D eigenvalue weighted by Gasteiger charge is -2.40. The van der Waals surface area contributed by atoms with Crippen LogP contribution in [0.5, 0.6) is 0 Å². The molecule has 130 valence electrons. The molecule has 2 fully saturated rings. The monoisotopic (exact) mass is 422 g/mol. The molecule has 0 radical (unpaired) electrons. The lowest BCUT2D eigenvalue weighted by molar-refractivity contribution is 0.139. The number of guanidine groups is 1. The first-order valence-corrected chi connectivity index (χ1v) is 8.99. The van der Waals surface area contributed by atoms with Gasteiger partial charge in [0, 0.05) is 25.7 Å². The molecule has 0 aromatic carbocycles. The molecule has 0 spiro atoms. The maximum atomic E-state index is 4.87. The molecule has 22 heavy (non-hydrogen) atoms. The highest BCUT2D eigenvalue weighted by Gasteiger charge is 2.34. The van der Waals surface area contributed by atoms with Gasteiger partial charge in [0.1, 0.15) is 0 Å². The zero-order chi connectivity index (χ0) is 15.1. The van der Waals surface area contributed by atoms with E-state index < -0.39 is 0 Å². The van der Waals surface area contributed by atoms with Crippen LogP contribution in [0.1, 0.15) is 59.3 Å². The summed E-state index contributed by atoms with van der Waals surface area (Å²) in [6.07, 6.45) is 8.03. The number of hydrogen-bond acceptors (Lipinski definition) is 2. The van der Waals surface area contributed by atoms with Crippen molar-refractivity contribution in [2.75, 3.05) is 32.7 Å². The van der Waals surface area contributed by atoms with Gasteiger partial charge in [-0.15, -0.1) is 24.0 Å². The van der Waals surface area contributed by atoms with Gasteiger partial charge in [0.05, 0.1) is 0 Å². The Kier molecular flexibility index (Phi) is 9.05. The van der Waals surface area contributed by atoms with Gasteiger partial charge in [0.15, 0.2) is 5.96 Å². The highest BCUT2D eigenvalue weighted by molar-refractivity contribution is 14.0. The van der Waals surface area contributed by atoms with Crippen LogP contribution in [0.15, 0.2) is 4.99 Å². The molecule has 2 aliphatic rings. The summed E-state index contributed by atoms with van der Waals surface area (Å²) >= 11 is 0. The molecule has 1 aliphatic heterocycles. The minimum absolute atomic E-state index is 0. The molecule has 0 bridgehead atoms. The molecule has 1 unspecified atom stereocenters. The van der Waals surface area contributed by atoms with Gasteiger partial charge in [-0.25, -0.2) is 0 Å². The Morgan fingerprint density at radius 2 is 1.95 bits per heavy atom. The number of rotatable bonds is 7. The van der Waals surface area contributed by atoms with Crippen molar-refractivity contribution in [3.8, 4) is 0 Å². The van der Waals surface area contributed by atoms with Gasteiger partial charge in [0.2, 0.25) is 0 Å². The van der Waals surface area contributed by atoms with Crippen molar-refractivity contribution >= 4 is 29.9 Å². The summed E-state index contributed by atoms with van der Waals surface area (Å²) in [4.78, 5) is 7.45. The van der Waals surface area contributed by atoms with E-state index in [1.165, 1.54) is 51.6 Å². The van der Waals surface area contributed by atoms with Crippen LogP contribution in [0.4, 0.5) is 0 Å². The topological polar surface area (TPSA) is 39.7 Å². The molecule has 0 aromatic rings. The first-order valence-electron chi connectivity index (χ1n) is 8.99. The van der Waals surface area contributed by atoms with E-state index >= 15 is 0 Å². The summed E-state index contributed by atoms with van der Waals surface area (Å²) in [5, 5.41) is 6.97. The number of nitrogens with zero attached hydrogens (tertiary/aromatic N) is 2. The van der Waals surface area contributed by atoms with Crippen molar-refractivity contribution in [2.45, 2.75) is 65.3 Å². The predicted octanol–water partition coefficient (Wildman–Crippen LogP) is 3.22. The third kappa shape index (κ3) is 5.25. The quantitative estimate of drug-likeness (QED) is 0.376. The fourth-order valence-corrected chi connectivity index (χ4v) is 3.65. The van der Waals surface area contributed by atoms with Crippen LogP contribution >= 0.6 is 24.0 Å². The van der Waals surface area contributed by atoms with Crippen LogP contribution in [0.25, 0.3) is 0 Å². The van der Waals surface area contributed by atoms with Gasteiger partial charge in [-0.05, 0) is 57.5 Å². The Morgan fingerprint density at radius 1 is 1.18 bits per heavy atom. The second kappa shape index (κ2) is 9.96. The van der Waals surface area contributed by atoms with Crippen molar-refractivity contribution in [3.05, 3.63) is 0 Å². The summed E-state index contributed by atoms with van der Waals surface area (Å²) < 4.78 is 0. The zero-order valence-electron chi connectivity index (χ0n) is 14.7. The van der Waals surface area contributed by atoms with E-state index in [1.54, 1.807) is 0 Å². The number of likely N-dealkylation sites (N-methyl/N-ethyl adjacent to an activating group) is 1. The Morgan fingerprint density at radius 3 is 2.50 bits per heavy atom. The highest BCUT2D eigenvalue weighted by atomic mass is 127. The van der Waals surface area contributed by atoms with Gasteiger partial charge in [-0.2, -0.15) is 0 Å². The van der Waals surface area contributed by atoms with E-state index in [-0.39, 0.29) is 24.0 Å². The molecule has 1 saturated carbocycles. The van der Waals surface area contributed by atoms with Crippen molar-refractivity contribution in [3.63, 3.8) is 0 Å². The fraction of sp³-hybridized carbons (Fsp3) is 0.941. The zero-order valence-corrected chi connectivity index (χ0v) is 17.0. The van der Waals surface area contributed by atoms with Gasteiger partial charge in [0.25, 0.3) is 0 Å². The largest absolute Gasteiger partial charge is 0.357 e. The van der Waals surface area contributed by atoms with Crippen LogP contribution in [-0.2, 0) is 0 Å². The maximum absolute atomic E-state index is 4.87. The molecule has 2 rings (SSSR count). The molecule has 2 N–H and O–H groups in total. The van der Waals surface area contributed by atoms with Crippen molar-refractivity contribution in [1.82, 2.24) is 15.5 Å². The first-order chi connectivity index (χ1) is 10.2. The second-order valence-electron chi connectivity index (χ2n) is 6.71. The Labute approximate surface area is 153 Å². The predicted molar refractivity (Wildman–Crippen MR) is 106 cm³/mol. The van der Waals surface area contributed by atoms with Crippen LogP contribution in [0.3, 0.4) is 0 Å². The number of likely N-dealkylation sites (tertiary alicyclic amines) is 1. The van der Waals surface area contributed by atoms with E-state index in [1.807, 2.05) is 0 Å². The average Bonchev–Trinajstić information content (AvgIpc) is 2.91. The third-order valence-corrected chi connectivity index (χ3v) is 5.49. The molecule has 1 saturated heterocycles. The summed E-state index contributed by atoms with van der Waals surface area (Å²) in [6.45, 7) is 12.1. The van der Waals surface area contributed by atoms with Crippen LogP contribution < -0.4 is 10.6 Å². The molecular weight excluding hydrogens is 387 g/mol.